The number of carbonyl (C=O) groups is 2. The lowest BCUT2D eigenvalue weighted by Gasteiger charge is -2.13. The Bertz CT molecular complexity index is 1170. The number of nitrogens with zero attached hydrogens (tertiary/aromatic N) is 3. The molecule has 0 saturated heterocycles. The van der Waals surface area contributed by atoms with Gasteiger partial charge in [0.2, 0.25) is 5.91 Å². The summed E-state index contributed by atoms with van der Waals surface area (Å²) in [5, 5.41) is 23.1. The van der Waals surface area contributed by atoms with E-state index in [0.717, 1.165) is 20.7 Å². The number of fused-ring (bicyclic) bond motifs is 1. The van der Waals surface area contributed by atoms with Crippen LogP contribution in [0.5, 0.6) is 0 Å². The highest BCUT2D eigenvalue weighted by Gasteiger charge is 2.18. The van der Waals surface area contributed by atoms with Gasteiger partial charge in [0.15, 0.2) is 0 Å². The fourth-order valence-electron chi connectivity index (χ4n) is 3.01. The first-order chi connectivity index (χ1) is 16.8. The molecule has 1 aromatic carbocycles. The summed E-state index contributed by atoms with van der Waals surface area (Å²) in [5.74, 6) is -0.832. The number of pyridine rings is 1. The Hall–Kier alpha value is -4.33. The van der Waals surface area contributed by atoms with Crippen molar-refractivity contribution in [2.24, 2.45) is 0 Å². The smallest absolute Gasteiger partial charge is 0.306 e. The summed E-state index contributed by atoms with van der Waals surface area (Å²) in [5.41, 5.74) is 1.44. The number of thiophene rings is 1. The van der Waals surface area contributed by atoms with Crippen LogP contribution in [0, 0.1) is 20.2 Å². The van der Waals surface area contributed by atoms with Gasteiger partial charge in [0.1, 0.15) is 19.3 Å². The molecule has 0 aliphatic carbocycles. The van der Waals surface area contributed by atoms with Crippen molar-refractivity contribution in [2.75, 3.05) is 11.9 Å². The molecular formula is C21H20N4O9S. The van der Waals surface area contributed by atoms with Crippen LogP contribution in [0.15, 0.2) is 48.8 Å². The summed E-state index contributed by atoms with van der Waals surface area (Å²) in [6, 6.07) is 10.7. The van der Waals surface area contributed by atoms with Gasteiger partial charge in [-0.1, -0.05) is 24.3 Å². The van der Waals surface area contributed by atoms with Gasteiger partial charge in [-0.15, -0.1) is 31.6 Å². The molecule has 2 aromatic heterocycles. The predicted octanol–water partition coefficient (Wildman–Crippen LogP) is 3.09. The average Bonchev–Trinajstić information content (AvgIpc) is 3.22. The zero-order valence-corrected chi connectivity index (χ0v) is 19.0. The Balaban J connectivity index is 1.42. The molecule has 0 bridgehead atoms. The zero-order chi connectivity index (χ0) is 25.2. The van der Waals surface area contributed by atoms with Crippen LogP contribution in [0.3, 0.4) is 0 Å². The second kappa shape index (κ2) is 12.2. The van der Waals surface area contributed by atoms with Crippen molar-refractivity contribution in [3.63, 3.8) is 0 Å². The number of benzene rings is 1. The molecule has 0 radical (unpaired) electrons. The minimum absolute atomic E-state index is 0.0483. The number of carbonyl (C=O) groups excluding carboxylic acids is 2. The average molecular weight is 504 g/mol. The third-order valence-electron chi connectivity index (χ3n) is 4.64. The fourth-order valence-corrected chi connectivity index (χ4v) is 3.96. The van der Waals surface area contributed by atoms with E-state index in [0.29, 0.717) is 5.56 Å². The van der Waals surface area contributed by atoms with E-state index in [1.807, 2.05) is 12.1 Å². The molecule has 0 saturated carbocycles. The number of anilines is 1. The van der Waals surface area contributed by atoms with Crippen molar-refractivity contribution < 1.29 is 34.2 Å². The molecule has 35 heavy (non-hydrogen) atoms. The number of rotatable bonds is 13. The van der Waals surface area contributed by atoms with Crippen LogP contribution >= 0.6 is 11.3 Å². The van der Waals surface area contributed by atoms with E-state index >= 15 is 0 Å². The summed E-state index contributed by atoms with van der Waals surface area (Å²) in [6.45, 7) is -0.732. The largest absolute Gasteiger partial charge is 0.461 e. The van der Waals surface area contributed by atoms with E-state index in [4.69, 9.17) is 4.74 Å². The Morgan fingerprint density at radius 1 is 1.09 bits per heavy atom. The number of nitrogens with one attached hydrogen (secondary N) is 1. The van der Waals surface area contributed by atoms with Crippen molar-refractivity contribution in [1.29, 1.82) is 0 Å². The van der Waals surface area contributed by atoms with Gasteiger partial charge in [-0.2, -0.15) is 0 Å². The van der Waals surface area contributed by atoms with Crippen molar-refractivity contribution >= 4 is 38.3 Å². The molecule has 0 aliphatic heterocycles. The van der Waals surface area contributed by atoms with Crippen molar-refractivity contribution in [1.82, 2.24) is 4.98 Å². The minimum Gasteiger partial charge on any atom is -0.461 e. The third-order valence-corrected chi connectivity index (χ3v) is 5.65. The quantitative estimate of drug-likeness (QED) is 0.207. The molecular weight excluding hydrogens is 484 g/mol. The summed E-state index contributed by atoms with van der Waals surface area (Å²) in [7, 11) is 0. The van der Waals surface area contributed by atoms with Crippen LogP contribution in [-0.2, 0) is 37.0 Å². The molecule has 3 aromatic rings. The van der Waals surface area contributed by atoms with Crippen LogP contribution < -0.4 is 5.32 Å². The van der Waals surface area contributed by atoms with Gasteiger partial charge < -0.3 is 19.7 Å². The van der Waals surface area contributed by atoms with Gasteiger partial charge in [-0.3, -0.25) is 14.6 Å². The zero-order valence-electron chi connectivity index (χ0n) is 18.2. The monoisotopic (exact) mass is 504 g/mol. The van der Waals surface area contributed by atoms with E-state index < -0.39 is 28.9 Å². The number of hydrogen-bond donors (Lipinski definition) is 1. The molecule has 0 fully saturated rings. The highest BCUT2D eigenvalue weighted by atomic mass is 32.1. The van der Waals surface area contributed by atoms with E-state index in [2.05, 4.69) is 20.0 Å². The Labute approximate surface area is 201 Å². The lowest BCUT2D eigenvalue weighted by Crippen LogP contribution is -2.25. The van der Waals surface area contributed by atoms with E-state index in [1.165, 1.54) is 11.3 Å². The van der Waals surface area contributed by atoms with E-state index in [9.17, 15) is 29.8 Å². The summed E-state index contributed by atoms with van der Waals surface area (Å²) in [6.07, 6.45) is 1.86. The van der Waals surface area contributed by atoms with E-state index in [1.54, 1.807) is 36.7 Å². The van der Waals surface area contributed by atoms with Crippen LogP contribution in [-0.4, -0.2) is 39.7 Å². The third kappa shape index (κ3) is 8.51. The van der Waals surface area contributed by atoms with Crippen molar-refractivity contribution in [3.8, 4) is 0 Å². The Kier molecular flexibility index (Phi) is 8.83. The Morgan fingerprint density at radius 2 is 1.83 bits per heavy atom. The molecule has 0 spiro atoms. The minimum atomic E-state index is -1.28. The number of aromatic nitrogens is 1. The lowest BCUT2D eigenvalue weighted by atomic mass is 10.1. The predicted molar refractivity (Wildman–Crippen MR) is 122 cm³/mol. The van der Waals surface area contributed by atoms with Crippen LogP contribution in [0.1, 0.15) is 24.0 Å². The van der Waals surface area contributed by atoms with Gasteiger partial charge in [0, 0.05) is 18.8 Å². The number of ether oxygens (including phenoxy) is 1. The number of amides is 1. The first-order valence-electron chi connectivity index (χ1n) is 10.2. The highest BCUT2D eigenvalue weighted by molar-refractivity contribution is 7.22. The maximum absolute atomic E-state index is 12.3. The SMILES string of the molecule is O=C(Cc1ccc(COC(=O)CCC(CO[N+](=O)[O-])O[N+](=O)[O-])cc1)Nc1cc2ccncc2s1. The molecule has 1 N–H and O–H groups in total. The number of hydrogen-bond acceptors (Lipinski definition) is 11. The normalized spacial score (nSPS) is 11.4. The van der Waals surface area contributed by atoms with Gasteiger partial charge >= 0.3 is 5.97 Å². The fraction of sp³-hybridized carbons (Fsp3) is 0.286. The highest BCUT2D eigenvalue weighted by Crippen LogP contribution is 2.28. The lowest BCUT2D eigenvalue weighted by molar-refractivity contribution is -0.790. The molecule has 2 heterocycles. The van der Waals surface area contributed by atoms with Gasteiger partial charge in [-0.25, -0.2) is 0 Å². The molecule has 1 amide bonds. The maximum Gasteiger partial charge on any atom is 0.306 e. The summed E-state index contributed by atoms with van der Waals surface area (Å²) in [4.78, 5) is 57.3. The molecule has 184 valence electrons. The molecule has 14 heteroatoms. The second-order valence-corrected chi connectivity index (χ2v) is 8.32. The summed E-state index contributed by atoms with van der Waals surface area (Å²) < 4.78 is 6.09. The van der Waals surface area contributed by atoms with Crippen molar-refractivity contribution in [3.05, 3.63) is 80.1 Å². The van der Waals surface area contributed by atoms with Crippen LogP contribution in [0.4, 0.5) is 5.00 Å². The molecule has 1 atom stereocenters. The topological polar surface area (TPSA) is 173 Å². The number of esters is 1. The van der Waals surface area contributed by atoms with Crippen LogP contribution in [0.25, 0.3) is 10.1 Å². The molecule has 13 nitrogen and oxygen atoms in total. The maximum atomic E-state index is 12.3. The second-order valence-electron chi connectivity index (χ2n) is 7.24. The van der Waals surface area contributed by atoms with Gasteiger partial charge in [0.05, 0.1) is 16.1 Å². The first kappa shape index (κ1) is 25.3. The van der Waals surface area contributed by atoms with E-state index in [-0.39, 0.29) is 31.8 Å². The first-order valence-corrected chi connectivity index (χ1v) is 11.1. The van der Waals surface area contributed by atoms with Crippen LogP contribution in [0.2, 0.25) is 0 Å². The standard InChI is InChI=1S/C21H20N4O9S/c26-19(23-20-10-16-7-8-22-11-18(16)35-20)9-14-1-3-15(4-2-14)12-32-21(27)6-5-17(34-25(30)31)13-33-24(28)29/h1-4,7-8,10-11,17H,5-6,9,12-13H2,(H,23,26). The molecule has 0 aliphatic rings. The van der Waals surface area contributed by atoms with Crippen molar-refractivity contribution in [2.45, 2.75) is 32.0 Å². The molecule has 1 unspecified atom stereocenters. The van der Waals surface area contributed by atoms with Gasteiger partial charge in [0.25, 0.3) is 10.2 Å². The van der Waals surface area contributed by atoms with Gasteiger partial charge in [-0.05, 0) is 35.1 Å². The Morgan fingerprint density at radius 3 is 2.51 bits per heavy atom. The summed E-state index contributed by atoms with van der Waals surface area (Å²) >= 11 is 1.44. The molecule has 3 rings (SSSR count).